The summed E-state index contributed by atoms with van der Waals surface area (Å²) in [6.07, 6.45) is 2.33. The number of fused-ring (bicyclic) bond motifs is 1. The van der Waals surface area contributed by atoms with Crippen molar-refractivity contribution in [3.05, 3.63) is 65.9 Å². The third-order valence-corrected chi connectivity index (χ3v) is 4.01. The summed E-state index contributed by atoms with van der Waals surface area (Å²) >= 11 is 0. The van der Waals surface area contributed by atoms with Gasteiger partial charge in [-0.3, -0.25) is 9.59 Å². The van der Waals surface area contributed by atoms with Gasteiger partial charge in [0.15, 0.2) is 5.78 Å². The van der Waals surface area contributed by atoms with Crippen LogP contribution in [-0.4, -0.2) is 22.7 Å². The highest BCUT2D eigenvalue weighted by molar-refractivity contribution is 5.97. The van der Waals surface area contributed by atoms with E-state index in [1.165, 1.54) is 6.92 Å². The maximum absolute atomic E-state index is 12.3. The second-order valence-electron chi connectivity index (χ2n) is 5.79. The standard InChI is InChI=1S/C19H19N3O2/c1-12(23)13-6-8-15(9-7-13)22-19(24)17(20)10-14-11-21-18-5-3-2-4-16(14)18/h2-9,11,17,21H,10,20H2,1H3,(H,22,24)/t17-/m0/s1. The van der Waals surface area contributed by atoms with Crippen LogP contribution in [0, 0.1) is 0 Å². The molecule has 3 aromatic rings. The van der Waals surface area contributed by atoms with Crippen molar-refractivity contribution in [3.63, 3.8) is 0 Å². The summed E-state index contributed by atoms with van der Waals surface area (Å²) in [5.41, 5.74) is 9.32. The van der Waals surface area contributed by atoms with E-state index >= 15 is 0 Å². The third-order valence-electron chi connectivity index (χ3n) is 4.01. The molecule has 5 nitrogen and oxygen atoms in total. The molecule has 3 rings (SSSR count). The molecule has 0 fully saturated rings. The van der Waals surface area contributed by atoms with E-state index < -0.39 is 6.04 Å². The van der Waals surface area contributed by atoms with Crippen molar-refractivity contribution >= 4 is 28.3 Å². The van der Waals surface area contributed by atoms with Crippen LogP contribution in [0.2, 0.25) is 0 Å². The van der Waals surface area contributed by atoms with Crippen LogP contribution in [0.25, 0.3) is 10.9 Å². The second kappa shape index (κ2) is 6.68. The molecule has 24 heavy (non-hydrogen) atoms. The van der Waals surface area contributed by atoms with Crippen molar-refractivity contribution in [3.8, 4) is 0 Å². The molecule has 0 aliphatic carbocycles. The number of ketones is 1. The zero-order valence-corrected chi connectivity index (χ0v) is 13.4. The van der Waals surface area contributed by atoms with Gasteiger partial charge in [-0.1, -0.05) is 18.2 Å². The number of anilines is 1. The molecule has 1 atom stereocenters. The number of carbonyl (C=O) groups excluding carboxylic acids is 2. The molecule has 1 aromatic heterocycles. The molecule has 2 aromatic carbocycles. The Balaban J connectivity index is 1.67. The average molecular weight is 321 g/mol. The number of nitrogens with one attached hydrogen (secondary N) is 2. The van der Waals surface area contributed by atoms with E-state index in [2.05, 4.69) is 10.3 Å². The first-order valence-electron chi connectivity index (χ1n) is 7.77. The zero-order valence-electron chi connectivity index (χ0n) is 13.4. The predicted molar refractivity (Wildman–Crippen MR) is 95.1 cm³/mol. The average Bonchev–Trinajstić information content (AvgIpc) is 2.98. The highest BCUT2D eigenvalue weighted by atomic mass is 16.2. The smallest absolute Gasteiger partial charge is 0.241 e. The number of amides is 1. The van der Waals surface area contributed by atoms with E-state index in [0.29, 0.717) is 17.7 Å². The van der Waals surface area contributed by atoms with Gasteiger partial charge in [-0.15, -0.1) is 0 Å². The van der Waals surface area contributed by atoms with Gasteiger partial charge >= 0.3 is 0 Å². The van der Waals surface area contributed by atoms with Crippen LogP contribution >= 0.6 is 0 Å². The van der Waals surface area contributed by atoms with Crippen molar-refractivity contribution in [2.45, 2.75) is 19.4 Å². The summed E-state index contributed by atoms with van der Waals surface area (Å²) < 4.78 is 0. The lowest BCUT2D eigenvalue weighted by Crippen LogP contribution is -2.37. The normalized spacial score (nSPS) is 12.1. The van der Waals surface area contributed by atoms with Gasteiger partial charge in [0.1, 0.15) is 0 Å². The van der Waals surface area contributed by atoms with E-state index in [9.17, 15) is 9.59 Å². The van der Waals surface area contributed by atoms with Crippen molar-refractivity contribution < 1.29 is 9.59 Å². The minimum Gasteiger partial charge on any atom is -0.361 e. The molecule has 1 heterocycles. The van der Waals surface area contributed by atoms with Crippen LogP contribution in [0.5, 0.6) is 0 Å². The molecule has 0 unspecified atom stereocenters. The number of hydrogen-bond donors (Lipinski definition) is 3. The number of carbonyl (C=O) groups is 2. The minimum atomic E-state index is -0.656. The summed E-state index contributed by atoms with van der Waals surface area (Å²) in [6.45, 7) is 1.50. The first-order chi connectivity index (χ1) is 11.5. The molecule has 0 spiro atoms. The first-order valence-corrected chi connectivity index (χ1v) is 7.77. The predicted octanol–water partition coefficient (Wildman–Crippen LogP) is 2.88. The molecule has 122 valence electrons. The monoisotopic (exact) mass is 321 g/mol. The Morgan fingerprint density at radius 1 is 1.12 bits per heavy atom. The van der Waals surface area contributed by atoms with Gasteiger partial charge < -0.3 is 16.0 Å². The van der Waals surface area contributed by atoms with Crippen LogP contribution in [0.1, 0.15) is 22.8 Å². The minimum absolute atomic E-state index is 0.0103. The van der Waals surface area contributed by atoms with E-state index in [1.807, 2.05) is 30.5 Å². The van der Waals surface area contributed by atoms with Crippen LogP contribution in [-0.2, 0) is 11.2 Å². The van der Waals surface area contributed by atoms with Crippen molar-refractivity contribution in [2.24, 2.45) is 5.73 Å². The quantitative estimate of drug-likeness (QED) is 0.631. The molecular weight excluding hydrogens is 302 g/mol. The molecule has 0 radical (unpaired) electrons. The molecule has 0 saturated heterocycles. The van der Waals surface area contributed by atoms with Crippen molar-refractivity contribution in [2.75, 3.05) is 5.32 Å². The Labute approximate surface area is 139 Å². The Kier molecular flexibility index (Phi) is 4.44. The summed E-state index contributed by atoms with van der Waals surface area (Å²) in [6, 6.07) is 14.0. The van der Waals surface area contributed by atoms with Crippen LogP contribution in [0.15, 0.2) is 54.7 Å². The molecule has 0 aliphatic heterocycles. The Hall–Kier alpha value is -2.92. The van der Waals surface area contributed by atoms with Gasteiger partial charge in [0.25, 0.3) is 0 Å². The number of aromatic nitrogens is 1. The van der Waals surface area contributed by atoms with Gasteiger partial charge in [-0.2, -0.15) is 0 Å². The topological polar surface area (TPSA) is 88.0 Å². The number of aromatic amines is 1. The van der Waals surface area contributed by atoms with Gasteiger partial charge in [0, 0.05) is 28.4 Å². The highest BCUT2D eigenvalue weighted by Gasteiger charge is 2.16. The Morgan fingerprint density at radius 2 is 1.83 bits per heavy atom. The second-order valence-corrected chi connectivity index (χ2v) is 5.79. The lowest BCUT2D eigenvalue weighted by atomic mass is 10.0. The van der Waals surface area contributed by atoms with Gasteiger partial charge in [-0.25, -0.2) is 0 Å². The number of nitrogens with two attached hydrogens (primary N) is 1. The fourth-order valence-electron chi connectivity index (χ4n) is 2.65. The number of H-pyrrole nitrogens is 1. The van der Waals surface area contributed by atoms with Crippen LogP contribution in [0.4, 0.5) is 5.69 Å². The number of rotatable bonds is 5. The SMILES string of the molecule is CC(=O)c1ccc(NC(=O)[C@@H](N)Cc2c[nH]c3ccccc23)cc1. The van der Waals surface area contributed by atoms with Crippen LogP contribution < -0.4 is 11.1 Å². The van der Waals surface area contributed by atoms with E-state index in [4.69, 9.17) is 5.73 Å². The fraction of sp³-hybridized carbons (Fsp3) is 0.158. The maximum Gasteiger partial charge on any atom is 0.241 e. The number of Topliss-reactive ketones (excluding diaryl/α,β-unsaturated/α-hetero) is 1. The largest absolute Gasteiger partial charge is 0.361 e. The lowest BCUT2D eigenvalue weighted by Gasteiger charge is -2.12. The third kappa shape index (κ3) is 3.36. The zero-order chi connectivity index (χ0) is 17.1. The molecule has 4 N–H and O–H groups in total. The highest BCUT2D eigenvalue weighted by Crippen LogP contribution is 2.19. The Morgan fingerprint density at radius 3 is 2.54 bits per heavy atom. The van der Waals surface area contributed by atoms with E-state index in [1.54, 1.807) is 24.3 Å². The summed E-state index contributed by atoms with van der Waals surface area (Å²) in [4.78, 5) is 26.7. The molecular formula is C19H19N3O2. The molecule has 0 saturated carbocycles. The lowest BCUT2D eigenvalue weighted by molar-refractivity contribution is -0.117. The van der Waals surface area contributed by atoms with Crippen molar-refractivity contribution in [1.82, 2.24) is 4.98 Å². The van der Waals surface area contributed by atoms with E-state index in [0.717, 1.165) is 16.5 Å². The number of hydrogen-bond acceptors (Lipinski definition) is 3. The van der Waals surface area contributed by atoms with Crippen LogP contribution in [0.3, 0.4) is 0 Å². The summed E-state index contributed by atoms with van der Waals surface area (Å²) in [5.74, 6) is -0.264. The number of benzene rings is 2. The molecule has 0 bridgehead atoms. The maximum atomic E-state index is 12.3. The first kappa shape index (κ1) is 16.0. The van der Waals surface area contributed by atoms with Gasteiger partial charge in [-0.05, 0) is 49.2 Å². The molecule has 1 amide bonds. The van der Waals surface area contributed by atoms with Crippen molar-refractivity contribution in [1.29, 1.82) is 0 Å². The fourth-order valence-corrected chi connectivity index (χ4v) is 2.65. The summed E-state index contributed by atoms with van der Waals surface area (Å²) in [5, 5.41) is 3.86. The molecule has 5 heteroatoms. The molecule has 0 aliphatic rings. The summed E-state index contributed by atoms with van der Waals surface area (Å²) in [7, 11) is 0. The van der Waals surface area contributed by atoms with Gasteiger partial charge in [0.05, 0.1) is 6.04 Å². The van der Waals surface area contributed by atoms with Gasteiger partial charge in [0.2, 0.25) is 5.91 Å². The number of para-hydroxylation sites is 1. The Bertz CT molecular complexity index is 881. The van der Waals surface area contributed by atoms with E-state index in [-0.39, 0.29) is 11.7 Å².